The van der Waals surface area contributed by atoms with Crippen molar-refractivity contribution >= 4 is 11.6 Å². The monoisotopic (exact) mass is 447 g/mol. The Morgan fingerprint density at radius 2 is 1.85 bits per heavy atom. The van der Waals surface area contributed by atoms with Crippen molar-refractivity contribution in [3.05, 3.63) is 59.2 Å². The van der Waals surface area contributed by atoms with E-state index in [2.05, 4.69) is 53.1 Å². The molecule has 176 valence electrons. The number of anilines is 1. The van der Waals surface area contributed by atoms with Crippen molar-refractivity contribution in [1.82, 2.24) is 10.6 Å². The van der Waals surface area contributed by atoms with Gasteiger partial charge in [-0.3, -0.25) is 4.79 Å². The van der Waals surface area contributed by atoms with E-state index < -0.39 is 0 Å². The van der Waals surface area contributed by atoms with Gasteiger partial charge in [0.2, 0.25) is 5.91 Å². The molecule has 5 heteroatoms. The molecule has 2 aliphatic heterocycles. The fourth-order valence-corrected chi connectivity index (χ4v) is 6.24. The van der Waals surface area contributed by atoms with Crippen LogP contribution in [0.4, 0.5) is 5.69 Å². The molecule has 0 bridgehead atoms. The summed E-state index contributed by atoms with van der Waals surface area (Å²) in [5, 5.41) is 7.54. The van der Waals surface area contributed by atoms with Gasteiger partial charge in [-0.2, -0.15) is 0 Å². The van der Waals surface area contributed by atoms with Crippen LogP contribution in [0.5, 0.6) is 5.75 Å². The van der Waals surface area contributed by atoms with Crippen LogP contribution in [0, 0.1) is 5.92 Å². The maximum atomic E-state index is 13.2. The number of rotatable bonds is 6. The summed E-state index contributed by atoms with van der Waals surface area (Å²) in [6.07, 6.45) is 8.43. The van der Waals surface area contributed by atoms with Crippen LogP contribution in [0.3, 0.4) is 0 Å². The number of ether oxygens (including phenoxy) is 1. The Bertz CT molecular complexity index is 971. The standard InChI is InChI=1S/C28H37N3O2/c1-31-24-17-25(33-2)21(16-22(24)26(28(31)32)19-10-5-3-6-11-19)18-30-23-14-9-15-29-27(23)20-12-7-4-8-13-20/h4,7-8,12-13,16-17,19,23,26-27,29-30H,3,5-6,9-11,14-15,18H2,1-2H3. The fourth-order valence-electron chi connectivity index (χ4n) is 6.24. The highest BCUT2D eigenvalue weighted by atomic mass is 16.5. The molecule has 0 radical (unpaired) electrons. The average molecular weight is 448 g/mol. The molecule has 5 nitrogen and oxygen atoms in total. The van der Waals surface area contributed by atoms with Gasteiger partial charge in [-0.1, -0.05) is 49.6 Å². The van der Waals surface area contributed by atoms with E-state index in [-0.39, 0.29) is 11.8 Å². The minimum Gasteiger partial charge on any atom is -0.496 e. The van der Waals surface area contributed by atoms with Gasteiger partial charge in [0.25, 0.3) is 0 Å². The first-order chi connectivity index (χ1) is 16.2. The minimum absolute atomic E-state index is 0.00312. The largest absolute Gasteiger partial charge is 0.496 e. The van der Waals surface area contributed by atoms with E-state index in [1.54, 1.807) is 7.11 Å². The zero-order chi connectivity index (χ0) is 22.8. The van der Waals surface area contributed by atoms with Crippen molar-refractivity contribution in [2.75, 3.05) is 25.6 Å². The lowest BCUT2D eigenvalue weighted by atomic mass is 9.77. The topological polar surface area (TPSA) is 53.6 Å². The van der Waals surface area contributed by atoms with Crippen LogP contribution < -0.4 is 20.3 Å². The third-order valence-electron chi connectivity index (χ3n) is 8.02. The van der Waals surface area contributed by atoms with E-state index in [1.807, 2.05) is 11.9 Å². The Morgan fingerprint density at radius 3 is 2.61 bits per heavy atom. The molecule has 1 amide bonds. The second-order valence-electron chi connectivity index (χ2n) is 9.97. The van der Waals surface area contributed by atoms with Crippen LogP contribution in [0.15, 0.2) is 42.5 Å². The minimum atomic E-state index is 0.00312. The number of benzene rings is 2. The SMILES string of the molecule is COc1cc2c(cc1CNC1CCCNC1c1ccccc1)C(C1CCCCC1)C(=O)N2C. The van der Waals surface area contributed by atoms with E-state index in [0.717, 1.165) is 49.4 Å². The van der Waals surface area contributed by atoms with Crippen LogP contribution in [-0.4, -0.2) is 32.7 Å². The van der Waals surface area contributed by atoms with Crippen molar-refractivity contribution in [3.8, 4) is 5.75 Å². The number of carbonyl (C=O) groups excluding carboxylic acids is 1. The quantitative estimate of drug-likeness (QED) is 0.660. The number of fused-ring (bicyclic) bond motifs is 1. The molecular formula is C28H37N3O2. The summed E-state index contributed by atoms with van der Waals surface area (Å²) in [5.74, 6) is 1.59. The lowest BCUT2D eigenvalue weighted by molar-refractivity contribution is -0.120. The molecule has 1 saturated heterocycles. The van der Waals surface area contributed by atoms with Gasteiger partial charge in [0, 0.05) is 37.3 Å². The number of amides is 1. The molecule has 0 spiro atoms. The number of piperidine rings is 1. The molecule has 2 N–H and O–H groups in total. The number of methoxy groups -OCH3 is 1. The maximum Gasteiger partial charge on any atom is 0.234 e. The highest BCUT2D eigenvalue weighted by Crippen LogP contribution is 2.47. The first kappa shape index (κ1) is 22.4. The number of nitrogens with one attached hydrogen (secondary N) is 2. The van der Waals surface area contributed by atoms with Crippen molar-refractivity contribution < 1.29 is 9.53 Å². The van der Waals surface area contributed by atoms with Crippen molar-refractivity contribution in [3.63, 3.8) is 0 Å². The zero-order valence-corrected chi connectivity index (χ0v) is 20.0. The molecule has 3 unspecified atom stereocenters. The zero-order valence-electron chi connectivity index (χ0n) is 20.0. The van der Waals surface area contributed by atoms with Crippen molar-refractivity contribution in [2.24, 2.45) is 5.92 Å². The molecule has 2 heterocycles. The average Bonchev–Trinajstić information content (AvgIpc) is 3.12. The second-order valence-corrected chi connectivity index (χ2v) is 9.97. The van der Waals surface area contributed by atoms with Gasteiger partial charge < -0.3 is 20.3 Å². The lowest BCUT2D eigenvalue weighted by Crippen LogP contribution is -2.45. The molecule has 33 heavy (non-hydrogen) atoms. The highest BCUT2D eigenvalue weighted by molar-refractivity contribution is 6.05. The first-order valence-electron chi connectivity index (χ1n) is 12.7. The lowest BCUT2D eigenvalue weighted by Gasteiger charge is -2.34. The maximum absolute atomic E-state index is 13.2. The first-order valence-corrected chi connectivity index (χ1v) is 12.7. The van der Waals surface area contributed by atoms with Gasteiger partial charge >= 0.3 is 0 Å². The van der Waals surface area contributed by atoms with E-state index >= 15 is 0 Å². The molecule has 3 atom stereocenters. The molecule has 2 fully saturated rings. The summed E-state index contributed by atoms with van der Waals surface area (Å²) >= 11 is 0. The van der Waals surface area contributed by atoms with Crippen LogP contribution in [-0.2, 0) is 11.3 Å². The Hall–Kier alpha value is -2.37. The van der Waals surface area contributed by atoms with E-state index in [1.165, 1.54) is 36.8 Å². The second kappa shape index (κ2) is 9.86. The van der Waals surface area contributed by atoms with Crippen LogP contribution in [0.25, 0.3) is 0 Å². The Kier molecular flexibility index (Phi) is 6.70. The highest BCUT2D eigenvalue weighted by Gasteiger charge is 2.41. The summed E-state index contributed by atoms with van der Waals surface area (Å²) in [5.41, 5.74) is 4.71. The van der Waals surface area contributed by atoms with Crippen LogP contribution >= 0.6 is 0 Å². The molecule has 1 aliphatic carbocycles. The summed E-state index contributed by atoms with van der Waals surface area (Å²) in [7, 11) is 3.65. The molecule has 2 aromatic rings. The van der Waals surface area contributed by atoms with Crippen LogP contribution in [0.2, 0.25) is 0 Å². The third kappa shape index (κ3) is 4.41. The smallest absolute Gasteiger partial charge is 0.234 e. The molecule has 1 saturated carbocycles. The molecule has 5 rings (SSSR count). The van der Waals surface area contributed by atoms with Gasteiger partial charge in [0.05, 0.1) is 18.7 Å². The van der Waals surface area contributed by atoms with E-state index in [4.69, 9.17) is 4.74 Å². The predicted molar refractivity (Wildman–Crippen MR) is 133 cm³/mol. The molecule has 0 aromatic heterocycles. The predicted octanol–water partition coefficient (Wildman–Crippen LogP) is 4.92. The normalized spacial score (nSPS) is 25.8. The number of hydrogen-bond donors (Lipinski definition) is 2. The van der Waals surface area contributed by atoms with E-state index in [9.17, 15) is 4.79 Å². The molecular weight excluding hydrogens is 410 g/mol. The van der Waals surface area contributed by atoms with Gasteiger partial charge in [0.1, 0.15) is 5.75 Å². The van der Waals surface area contributed by atoms with Crippen LogP contribution in [0.1, 0.15) is 73.6 Å². The third-order valence-corrected chi connectivity index (χ3v) is 8.02. The fraction of sp³-hybridized carbons (Fsp3) is 0.536. The number of nitrogens with zero attached hydrogens (tertiary/aromatic N) is 1. The summed E-state index contributed by atoms with van der Waals surface area (Å²) in [6.45, 7) is 1.79. The van der Waals surface area contributed by atoms with E-state index in [0.29, 0.717) is 18.0 Å². The summed E-state index contributed by atoms with van der Waals surface area (Å²) < 4.78 is 5.79. The number of carbonyl (C=O) groups is 1. The molecule has 3 aliphatic rings. The number of likely N-dealkylation sites (N-methyl/N-ethyl adjacent to an activating group) is 1. The van der Waals surface area contributed by atoms with Gasteiger partial charge in [-0.25, -0.2) is 0 Å². The Labute approximate surface area is 197 Å². The summed E-state index contributed by atoms with van der Waals surface area (Å²) in [4.78, 5) is 15.1. The van der Waals surface area contributed by atoms with Gasteiger partial charge in [-0.15, -0.1) is 0 Å². The van der Waals surface area contributed by atoms with Gasteiger partial charge in [0.15, 0.2) is 0 Å². The van der Waals surface area contributed by atoms with Crippen molar-refractivity contribution in [1.29, 1.82) is 0 Å². The van der Waals surface area contributed by atoms with Gasteiger partial charge in [-0.05, 0) is 55.3 Å². The number of hydrogen-bond acceptors (Lipinski definition) is 4. The Morgan fingerprint density at radius 1 is 1.06 bits per heavy atom. The summed E-state index contributed by atoms with van der Waals surface area (Å²) in [6, 6.07) is 15.7. The Balaban J connectivity index is 1.39. The molecule has 2 aromatic carbocycles. The van der Waals surface area contributed by atoms with Crippen molar-refractivity contribution in [2.45, 2.75) is 69.5 Å².